The highest BCUT2D eigenvalue weighted by Gasteiger charge is 2.37. The number of piperazine rings is 1. The van der Waals surface area contributed by atoms with Gasteiger partial charge in [0.1, 0.15) is 5.75 Å². The molecule has 3 aromatic rings. The van der Waals surface area contributed by atoms with Crippen molar-refractivity contribution in [2.24, 2.45) is 0 Å². The highest BCUT2D eigenvalue weighted by atomic mass is 32.1. The lowest BCUT2D eigenvalue weighted by molar-refractivity contribution is -0.144. The SMILES string of the molecule is CCCCCCCCCCCCCCCCCCCCC(=O)OCN1C(=O)CC(C)(C)c2ccc(OCCCCN3CCN(c4cccc5sccc45)CC3)cc21. The first-order chi connectivity index (χ1) is 27.9. The molecule has 0 unspecified atom stereocenters. The third-order valence-corrected chi connectivity index (χ3v) is 13.2. The van der Waals surface area contributed by atoms with Gasteiger partial charge in [-0.05, 0) is 61.0 Å². The molecule has 0 radical (unpaired) electrons. The summed E-state index contributed by atoms with van der Waals surface area (Å²) in [5, 5.41) is 3.56. The molecule has 0 bridgehead atoms. The van der Waals surface area contributed by atoms with E-state index in [9.17, 15) is 9.59 Å². The second kappa shape index (κ2) is 24.7. The molecule has 2 aliphatic rings. The van der Waals surface area contributed by atoms with E-state index in [1.54, 1.807) is 4.90 Å². The number of hydrogen-bond donors (Lipinski definition) is 0. The van der Waals surface area contributed by atoms with Crippen LogP contribution in [0.5, 0.6) is 5.75 Å². The third-order valence-electron chi connectivity index (χ3n) is 12.3. The molecule has 5 rings (SSSR count). The van der Waals surface area contributed by atoms with Crippen molar-refractivity contribution in [1.29, 1.82) is 0 Å². The molecule has 8 heteroatoms. The Morgan fingerprint density at radius 2 is 1.35 bits per heavy atom. The maximum absolute atomic E-state index is 13.3. The van der Waals surface area contributed by atoms with Gasteiger partial charge in [0.15, 0.2) is 6.73 Å². The number of rotatable bonds is 28. The molecule has 0 saturated carbocycles. The molecule has 316 valence electrons. The number of ether oxygens (including phenoxy) is 2. The number of thiophene rings is 1. The Morgan fingerprint density at radius 1 is 0.719 bits per heavy atom. The number of hydrogen-bond acceptors (Lipinski definition) is 7. The average molecular weight is 802 g/mol. The van der Waals surface area contributed by atoms with Gasteiger partial charge < -0.3 is 14.4 Å². The number of benzene rings is 2. The summed E-state index contributed by atoms with van der Waals surface area (Å²) in [5.74, 6) is 0.516. The van der Waals surface area contributed by atoms with Crippen LogP contribution >= 0.6 is 11.3 Å². The molecule has 0 atom stereocenters. The molecule has 1 saturated heterocycles. The normalized spacial score (nSPS) is 15.7. The van der Waals surface area contributed by atoms with Gasteiger partial charge in [0, 0.05) is 66.3 Å². The summed E-state index contributed by atoms with van der Waals surface area (Å²) in [6, 6.07) is 15.0. The van der Waals surface area contributed by atoms with Gasteiger partial charge in [0.05, 0.1) is 12.3 Å². The van der Waals surface area contributed by atoms with Gasteiger partial charge in [-0.15, -0.1) is 11.3 Å². The van der Waals surface area contributed by atoms with Crippen molar-refractivity contribution in [3.05, 3.63) is 53.4 Å². The van der Waals surface area contributed by atoms with Crippen LogP contribution in [-0.2, 0) is 19.7 Å². The molecule has 3 heterocycles. The molecule has 7 nitrogen and oxygen atoms in total. The summed E-state index contributed by atoms with van der Waals surface area (Å²) in [7, 11) is 0. The van der Waals surface area contributed by atoms with E-state index in [-0.39, 0.29) is 24.0 Å². The van der Waals surface area contributed by atoms with Gasteiger partial charge in [0.2, 0.25) is 5.91 Å². The van der Waals surface area contributed by atoms with Crippen molar-refractivity contribution >= 4 is 44.7 Å². The maximum Gasteiger partial charge on any atom is 0.307 e. The van der Waals surface area contributed by atoms with Crippen LogP contribution in [0.25, 0.3) is 10.1 Å². The Kier molecular flexibility index (Phi) is 19.5. The number of carbonyl (C=O) groups is 2. The van der Waals surface area contributed by atoms with E-state index in [1.165, 1.54) is 119 Å². The van der Waals surface area contributed by atoms with Crippen LogP contribution in [-0.4, -0.2) is 62.8 Å². The predicted octanol–water partition coefficient (Wildman–Crippen LogP) is 12.8. The highest BCUT2D eigenvalue weighted by Crippen LogP contribution is 2.42. The Balaban J connectivity index is 0.912. The molecule has 57 heavy (non-hydrogen) atoms. The Bertz CT molecular complexity index is 1610. The van der Waals surface area contributed by atoms with Crippen molar-refractivity contribution in [3.8, 4) is 5.75 Å². The van der Waals surface area contributed by atoms with Crippen molar-refractivity contribution in [2.45, 2.75) is 167 Å². The topological polar surface area (TPSA) is 62.3 Å². The lowest BCUT2D eigenvalue weighted by atomic mass is 9.77. The van der Waals surface area contributed by atoms with Crippen molar-refractivity contribution in [2.75, 3.05) is 55.9 Å². The fourth-order valence-corrected chi connectivity index (χ4v) is 9.52. The number of nitrogens with zero attached hydrogens (tertiary/aromatic N) is 3. The first-order valence-electron chi connectivity index (χ1n) is 23.0. The molecular weight excluding hydrogens is 727 g/mol. The van der Waals surface area contributed by atoms with Gasteiger partial charge in [-0.3, -0.25) is 19.4 Å². The smallest absolute Gasteiger partial charge is 0.307 e. The lowest BCUT2D eigenvalue weighted by Gasteiger charge is -2.38. The first kappa shape index (κ1) is 45.0. The van der Waals surface area contributed by atoms with Gasteiger partial charge in [-0.1, -0.05) is 142 Å². The summed E-state index contributed by atoms with van der Waals surface area (Å²) >= 11 is 1.81. The standard InChI is InChI=1S/C49H75N3O4S/c1-4-5-6-7-8-9-10-11-12-13-14-15-16-17-18-19-20-21-27-48(54)56-40-52-45-38-41(28-29-43(45)49(2,3)39-47(52)53)55-36-23-22-31-50-32-34-51(35-33-50)44-25-24-26-46-42(44)30-37-57-46/h24-26,28-30,37-38H,4-23,27,31-36,39-40H2,1-3H3. The van der Waals surface area contributed by atoms with Crippen LogP contribution in [0.15, 0.2) is 47.8 Å². The number of anilines is 2. The van der Waals surface area contributed by atoms with Crippen molar-refractivity contribution in [1.82, 2.24) is 4.90 Å². The third kappa shape index (κ3) is 14.9. The van der Waals surface area contributed by atoms with Crippen LogP contribution in [0.4, 0.5) is 11.4 Å². The highest BCUT2D eigenvalue weighted by molar-refractivity contribution is 7.17. The zero-order chi connectivity index (χ0) is 40.1. The van der Waals surface area contributed by atoms with Gasteiger partial charge >= 0.3 is 5.97 Å². The van der Waals surface area contributed by atoms with E-state index in [1.807, 2.05) is 23.5 Å². The van der Waals surface area contributed by atoms with E-state index in [4.69, 9.17) is 9.47 Å². The van der Waals surface area contributed by atoms with E-state index in [0.717, 1.165) is 75.4 Å². The second-order valence-electron chi connectivity index (χ2n) is 17.5. The summed E-state index contributed by atoms with van der Waals surface area (Å²) in [6.07, 6.45) is 26.6. The molecule has 2 aliphatic heterocycles. The van der Waals surface area contributed by atoms with Crippen LogP contribution in [0.1, 0.15) is 168 Å². The van der Waals surface area contributed by atoms with Gasteiger partial charge in [-0.25, -0.2) is 0 Å². The fraction of sp³-hybridized carbons (Fsp3) is 0.673. The molecular formula is C49H75N3O4S. The molecule has 1 amide bonds. The quantitative estimate of drug-likeness (QED) is 0.0538. The van der Waals surface area contributed by atoms with Crippen LogP contribution in [0.3, 0.4) is 0 Å². The fourth-order valence-electron chi connectivity index (χ4n) is 8.71. The first-order valence-corrected chi connectivity index (χ1v) is 23.9. The molecule has 0 N–H and O–H groups in total. The monoisotopic (exact) mass is 802 g/mol. The Labute approximate surface area is 349 Å². The summed E-state index contributed by atoms with van der Waals surface area (Å²) in [5.41, 5.74) is 2.96. The molecule has 1 aromatic heterocycles. The molecule has 1 fully saturated rings. The minimum Gasteiger partial charge on any atom is -0.494 e. The molecule has 0 aliphatic carbocycles. The number of esters is 1. The van der Waals surface area contributed by atoms with E-state index < -0.39 is 0 Å². The van der Waals surface area contributed by atoms with E-state index >= 15 is 0 Å². The summed E-state index contributed by atoms with van der Waals surface area (Å²) in [6.45, 7) is 12.4. The van der Waals surface area contributed by atoms with Crippen molar-refractivity contribution < 1.29 is 19.1 Å². The number of carbonyl (C=O) groups excluding carboxylic acids is 2. The minimum atomic E-state index is -0.293. The van der Waals surface area contributed by atoms with E-state index in [0.29, 0.717) is 19.4 Å². The number of fused-ring (bicyclic) bond motifs is 2. The van der Waals surface area contributed by atoms with Gasteiger partial charge in [0.25, 0.3) is 0 Å². The van der Waals surface area contributed by atoms with Crippen molar-refractivity contribution in [3.63, 3.8) is 0 Å². The predicted molar refractivity (Wildman–Crippen MR) is 241 cm³/mol. The van der Waals surface area contributed by atoms with Crippen LogP contribution in [0.2, 0.25) is 0 Å². The molecule has 2 aromatic carbocycles. The largest absolute Gasteiger partial charge is 0.494 e. The minimum absolute atomic E-state index is 0.0160. The summed E-state index contributed by atoms with van der Waals surface area (Å²) < 4.78 is 13.3. The lowest BCUT2D eigenvalue weighted by Crippen LogP contribution is -2.46. The second-order valence-corrected chi connectivity index (χ2v) is 18.4. The zero-order valence-corrected chi connectivity index (χ0v) is 36.8. The average Bonchev–Trinajstić information content (AvgIpc) is 3.70. The number of unbranched alkanes of at least 4 members (excludes halogenated alkanes) is 18. The van der Waals surface area contributed by atoms with Crippen LogP contribution < -0.4 is 14.5 Å². The van der Waals surface area contributed by atoms with E-state index in [2.05, 4.69) is 66.3 Å². The maximum atomic E-state index is 13.3. The summed E-state index contributed by atoms with van der Waals surface area (Å²) in [4.78, 5) is 32.8. The Hall–Kier alpha value is -3.10. The van der Waals surface area contributed by atoms with Gasteiger partial charge in [-0.2, -0.15) is 0 Å². The number of amides is 1. The zero-order valence-electron chi connectivity index (χ0n) is 36.0. The van der Waals surface area contributed by atoms with Crippen LogP contribution in [0, 0.1) is 0 Å². The Morgan fingerprint density at radius 3 is 2.00 bits per heavy atom. The molecule has 0 spiro atoms.